The first-order chi connectivity index (χ1) is 15.4. The van der Waals surface area contributed by atoms with Crippen LogP contribution in [-0.4, -0.2) is 41.6 Å². The molecule has 3 rings (SSSR count). The summed E-state index contributed by atoms with van der Waals surface area (Å²) in [6, 6.07) is 13.2. The summed E-state index contributed by atoms with van der Waals surface area (Å²) in [6.07, 6.45) is 1.43. The average Bonchev–Trinajstić information content (AvgIpc) is 2.88. The van der Waals surface area contributed by atoms with Crippen LogP contribution < -0.4 is 21.1 Å². The quantitative estimate of drug-likeness (QED) is 0.533. The molecule has 0 aromatic heterocycles. The third-order valence-corrected chi connectivity index (χ3v) is 5.61. The minimum atomic E-state index is -0.906. The van der Waals surface area contributed by atoms with E-state index >= 15 is 0 Å². The van der Waals surface area contributed by atoms with E-state index in [2.05, 4.69) is 16.1 Å². The zero-order valence-corrected chi connectivity index (χ0v) is 18.6. The Balaban J connectivity index is 1.78. The number of hydrazine groups is 1. The maximum Gasteiger partial charge on any atom is 0.315 e. The summed E-state index contributed by atoms with van der Waals surface area (Å²) in [4.78, 5) is 38.4. The number of nitrogens with one attached hydrogen (secondary N) is 3. The number of amides is 4. The minimum Gasteiger partial charge on any atom is -0.394 e. The van der Waals surface area contributed by atoms with Gasteiger partial charge in [0, 0.05) is 5.56 Å². The molecule has 0 saturated carbocycles. The molecule has 0 spiro atoms. The van der Waals surface area contributed by atoms with Gasteiger partial charge in [-0.25, -0.2) is 9.80 Å². The van der Waals surface area contributed by atoms with E-state index < -0.39 is 23.9 Å². The SMILES string of the molecule is CCC[C@H](CO)NC(=O)N[C@@H](C)C(=O)NN1C(=O)[C@@H](C)c2ccccc2-c2ccccc21. The van der Waals surface area contributed by atoms with E-state index in [0.717, 1.165) is 23.1 Å². The molecule has 8 heteroatoms. The van der Waals surface area contributed by atoms with Gasteiger partial charge in [-0.05, 0) is 37.5 Å². The molecule has 2 aromatic rings. The van der Waals surface area contributed by atoms with Crippen LogP contribution in [0.5, 0.6) is 0 Å². The second-order valence-electron chi connectivity index (χ2n) is 7.98. The van der Waals surface area contributed by atoms with Gasteiger partial charge >= 0.3 is 6.03 Å². The number of aliphatic hydroxyl groups excluding tert-OH is 1. The van der Waals surface area contributed by atoms with Gasteiger partial charge in [-0.2, -0.15) is 0 Å². The molecule has 0 fully saturated rings. The Morgan fingerprint density at radius 3 is 2.41 bits per heavy atom. The largest absolute Gasteiger partial charge is 0.394 e. The highest BCUT2D eigenvalue weighted by molar-refractivity contribution is 6.06. The lowest BCUT2D eigenvalue weighted by Crippen LogP contribution is -2.56. The number of carbonyl (C=O) groups excluding carboxylic acids is 3. The Bertz CT molecular complexity index is 993. The molecule has 0 radical (unpaired) electrons. The summed E-state index contributed by atoms with van der Waals surface area (Å²) >= 11 is 0. The van der Waals surface area contributed by atoms with E-state index in [4.69, 9.17) is 0 Å². The van der Waals surface area contributed by atoms with Crippen molar-refractivity contribution in [2.45, 2.75) is 51.6 Å². The van der Waals surface area contributed by atoms with Crippen molar-refractivity contribution >= 4 is 23.5 Å². The molecule has 0 bridgehead atoms. The average molecular weight is 439 g/mol. The fourth-order valence-corrected chi connectivity index (χ4v) is 3.83. The summed E-state index contributed by atoms with van der Waals surface area (Å²) in [5, 5.41) is 15.8. The third kappa shape index (κ3) is 4.91. The molecule has 1 heterocycles. The molecule has 4 amide bonds. The van der Waals surface area contributed by atoms with E-state index in [-0.39, 0.29) is 18.6 Å². The number of para-hydroxylation sites is 1. The summed E-state index contributed by atoms with van der Waals surface area (Å²) < 4.78 is 0. The standard InChI is InChI=1S/C24H30N4O4/c1-4-9-17(14-29)26-24(32)25-16(3)22(30)27-28-21-13-8-7-12-20(21)19-11-6-5-10-18(19)15(2)23(28)31/h5-8,10-13,15-17,29H,4,9,14H2,1-3H3,(H,27,30)(H2,25,26,32)/t15-,16-,17+/m0/s1. The monoisotopic (exact) mass is 438 g/mol. The fourth-order valence-electron chi connectivity index (χ4n) is 3.83. The maximum atomic E-state index is 13.3. The molecule has 4 N–H and O–H groups in total. The fraction of sp³-hybridized carbons (Fsp3) is 0.375. The van der Waals surface area contributed by atoms with Gasteiger partial charge in [-0.1, -0.05) is 55.8 Å². The third-order valence-electron chi connectivity index (χ3n) is 5.61. The Hall–Kier alpha value is -3.39. The van der Waals surface area contributed by atoms with Crippen LogP contribution >= 0.6 is 0 Å². The number of carbonyl (C=O) groups is 3. The lowest BCUT2D eigenvalue weighted by atomic mass is 9.92. The highest BCUT2D eigenvalue weighted by atomic mass is 16.3. The Kier molecular flexibility index (Phi) is 7.48. The maximum absolute atomic E-state index is 13.3. The van der Waals surface area contributed by atoms with Gasteiger partial charge in [0.15, 0.2) is 0 Å². The number of hydrogen-bond acceptors (Lipinski definition) is 4. The van der Waals surface area contributed by atoms with Crippen LogP contribution in [0.15, 0.2) is 48.5 Å². The Labute approximate surface area is 188 Å². The molecule has 8 nitrogen and oxygen atoms in total. The zero-order valence-electron chi connectivity index (χ0n) is 18.6. The molecule has 0 unspecified atom stereocenters. The van der Waals surface area contributed by atoms with Crippen LogP contribution in [0.4, 0.5) is 10.5 Å². The number of rotatable bonds is 7. The molecule has 32 heavy (non-hydrogen) atoms. The lowest BCUT2D eigenvalue weighted by molar-refractivity contribution is -0.127. The second-order valence-corrected chi connectivity index (χ2v) is 7.98. The molecule has 3 atom stereocenters. The highest BCUT2D eigenvalue weighted by Gasteiger charge is 2.33. The van der Waals surface area contributed by atoms with Crippen molar-refractivity contribution in [2.24, 2.45) is 0 Å². The van der Waals surface area contributed by atoms with E-state index in [1.54, 1.807) is 6.07 Å². The molecule has 0 aliphatic carbocycles. The molecule has 0 saturated heterocycles. The zero-order chi connectivity index (χ0) is 23.3. The van der Waals surface area contributed by atoms with E-state index in [1.165, 1.54) is 11.9 Å². The Morgan fingerprint density at radius 1 is 1.06 bits per heavy atom. The topological polar surface area (TPSA) is 111 Å². The van der Waals surface area contributed by atoms with Crippen LogP contribution in [-0.2, 0) is 9.59 Å². The van der Waals surface area contributed by atoms with Crippen molar-refractivity contribution in [3.8, 4) is 11.1 Å². The molecule has 1 aliphatic heterocycles. The number of nitrogens with zero attached hydrogens (tertiary/aromatic N) is 1. The molecular weight excluding hydrogens is 408 g/mol. The number of urea groups is 1. The summed E-state index contributed by atoms with van der Waals surface area (Å²) in [5.74, 6) is -1.27. The van der Waals surface area contributed by atoms with Crippen molar-refractivity contribution in [1.82, 2.24) is 16.1 Å². The molecule has 170 valence electrons. The smallest absolute Gasteiger partial charge is 0.315 e. The van der Waals surface area contributed by atoms with E-state index in [9.17, 15) is 19.5 Å². The van der Waals surface area contributed by atoms with Gasteiger partial charge in [0.25, 0.3) is 11.8 Å². The minimum absolute atomic E-state index is 0.181. The van der Waals surface area contributed by atoms with Gasteiger partial charge in [0.05, 0.1) is 24.3 Å². The number of aliphatic hydroxyl groups is 1. The summed E-state index contributed by atoms with van der Waals surface area (Å²) in [5.41, 5.74) is 5.92. The molecule has 1 aliphatic rings. The van der Waals surface area contributed by atoms with Crippen LogP contribution in [0.2, 0.25) is 0 Å². The van der Waals surface area contributed by atoms with Crippen molar-refractivity contribution in [3.63, 3.8) is 0 Å². The number of anilines is 1. The van der Waals surface area contributed by atoms with Gasteiger partial charge < -0.3 is 15.7 Å². The number of hydrogen-bond donors (Lipinski definition) is 4. The normalized spacial score (nSPS) is 16.8. The molecular formula is C24H30N4O4. The summed E-state index contributed by atoms with van der Waals surface area (Å²) in [7, 11) is 0. The predicted octanol–water partition coefficient (Wildman–Crippen LogP) is 2.68. The first kappa shape index (κ1) is 23.3. The van der Waals surface area contributed by atoms with E-state index in [1.807, 2.05) is 56.3 Å². The summed E-state index contributed by atoms with van der Waals surface area (Å²) in [6.45, 7) is 5.12. The second kappa shape index (κ2) is 10.3. The van der Waals surface area contributed by atoms with Gasteiger partial charge in [-0.3, -0.25) is 15.0 Å². The van der Waals surface area contributed by atoms with Gasteiger partial charge in [0.1, 0.15) is 6.04 Å². The first-order valence-electron chi connectivity index (χ1n) is 10.9. The van der Waals surface area contributed by atoms with Crippen molar-refractivity contribution in [3.05, 3.63) is 54.1 Å². The first-order valence-corrected chi connectivity index (χ1v) is 10.9. The van der Waals surface area contributed by atoms with Crippen LogP contribution in [0.3, 0.4) is 0 Å². The van der Waals surface area contributed by atoms with Gasteiger partial charge in [0.2, 0.25) is 0 Å². The molecule has 2 aromatic carbocycles. The van der Waals surface area contributed by atoms with Crippen LogP contribution in [0, 0.1) is 0 Å². The van der Waals surface area contributed by atoms with Crippen molar-refractivity contribution in [1.29, 1.82) is 0 Å². The van der Waals surface area contributed by atoms with Crippen molar-refractivity contribution in [2.75, 3.05) is 11.6 Å². The number of benzene rings is 2. The van der Waals surface area contributed by atoms with E-state index in [0.29, 0.717) is 12.1 Å². The lowest BCUT2D eigenvalue weighted by Gasteiger charge is -2.27. The predicted molar refractivity (Wildman–Crippen MR) is 123 cm³/mol. The highest BCUT2D eigenvalue weighted by Crippen LogP contribution is 2.39. The van der Waals surface area contributed by atoms with Crippen LogP contribution in [0.1, 0.15) is 45.1 Å². The van der Waals surface area contributed by atoms with Crippen molar-refractivity contribution < 1.29 is 19.5 Å². The Morgan fingerprint density at radius 2 is 1.72 bits per heavy atom. The van der Waals surface area contributed by atoms with Crippen LogP contribution in [0.25, 0.3) is 11.1 Å². The van der Waals surface area contributed by atoms with Gasteiger partial charge in [-0.15, -0.1) is 0 Å². The number of fused-ring (bicyclic) bond motifs is 3.